The van der Waals surface area contributed by atoms with Crippen LogP contribution in [0.4, 0.5) is 4.79 Å². The molecule has 0 bridgehead atoms. The van der Waals surface area contributed by atoms with E-state index in [0.29, 0.717) is 25.3 Å². The van der Waals surface area contributed by atoms with E-state index in [0.717, 1.165) is 35.1 Å². The summed E-state index contributed by atoms with van der Waals surface area (Å²) in [6.07, 6.45) is 4.55. The van der Waals surface area contributed by atoms with E-state index in [1.807, 2.05) is 53.4 Å². The summed E-state index contributed by atoms with van der Waals surface area (Å²) in [6.45, 7) is 4.07. The second-order valence-electron chi connectivity index (χ2n) is 10.9. The Hall–Kier alpha value is -3.38. The van der Waals surface area contributed by atoms with Crippen LogP contribution in [-0.2, 0) is 17.4 Å². The molecule has 6 nitrogen and oxygen atoms in total. The van der Waals surface area contributed by atoms with Gasteiger partial charge in [-0.3, -0.25) is 4.79 Å². The third kappa shape index (κ3) is 4.96. The highest BCUT2D eigenvalue weighted by Crippen LogP contribution is 2.48. The topological polar surface area (TPSA) is 71.8 Å². The van der Waals surface area contributed by atoms with Crippen molar-refractivity contribution in [1.29, 1.82) is 0 Å². The van der Waals surface area contributed by atoms with Gasteiger partial charge in [0.2, 0.25) is 0 Å². The molecule has 2 aromatic carbocycles. The van der Waals surface area contributed by atoms with Crippen LogP contribution >= 0.6 is 0 Å². The first kappa shape index (κ1) is 24.3. The van der Waals surface area contributed by atoms with Crippen molar-refractivity contribution in [2.24, 2.45) is 13.0 Å². The normalized spacial score (nSPS) is 21.2. The number of benzene rings is 2. The fourth-order valence-electron chi connectivity index (χ4n) is 5.51. The maximum Gasteiger partial charge on any atom is 0.411 e. The Kier molecular flexibility index (Phi) is 6.25. The summed E-state index contributed by atoms with van der Waals surface area (Å²) in [5.41, 5.74) is 1.96. The highest BCUT2D eigenvalue weighted by Gasteiger charge is 2.49. The van der Waals surface area contributed by atoms with Crippen molar-refractivity contribution in [3.8, 4) is 11.1 Å². The van der Waals surface area contributed by atoms with Crippen molar-refractivity contribution in [3.63, 3.8) is 0 Å². The summed E-state index contributed by atoms with van der Waals surface area (Å²) in [5.74, 6) is 0.408. The van der Waals surface area contributed by atoms with Gasteiger partial charge in [0.25, 0.3) is 5.56 Å². The van der Waals surface area contributed by atoms with Gasteiger partial charge in [0.1, 0.15) is 5.60 Å². The molecule has 2 atom stereocenters. The monoisotopic (exact) mass is 486 g/mol. The third-order valence-corrected chi connectivity index (χ3v) is 7.39. The van der Waals surface area contributed by atoms with Crippen LogP contribution in [0.5, 0.6) is 0 Å². The number of carbonyl (C=O) groups excluding carboxylic acids is 1. The highest BCUT2D eigenvalue weighted by molar-refractivity contribution is 5.71. The predicted octanol–water partition coefficient (Wildman–Crippen LogP) is 5.40. The number of aliphatic hydroxyl groups is 1. The molecule has 1 saturated heterocycles. The van der Waals surface area contributed by atoms with E-state index < -0.39 is 11.2 Å². The number of aromatic nitrogens is 1. The van der Waals surface area contributed by atoms with Gasteiger partial charge in [-0.25, -0.2) is 4.79 Å². The van der Waals surface area contributed by atoms with Crippen LogP contribution in [0.15, 0.2) is 77.7 Å². The summed E-state index contributed by atoms with van der Waals surface area (Å²) in [5, 5.41) is 10.7. The van der Waals surface area contributed by atoms with Crippen LogP contribution in [0, 0.1) is 5.92 Å². The number of carbonyl (C=O) groups is 1. The first-order valence-electron chi connectivity index (χ1n) is 12.7. The SMILES string of the molecule is Cn1ccc(-c2ccc(C(C3CC3)N3CCC(CC(C)(C)O)(c4ccccc4)OC3=O)cc2)cc1=O. The number of hydrogen-bond acceptors (Lipinski definition) is 4. The van der Waals surface area contributed by atoms with E-state index in [-0.39, 0.29) is 17.7 Å². The molecular formula is C30H34N2O4. The van der Waals surface area contributed by atoms with Gasteiger partial charge in [-0.15, -0.1) is 0 Å². The number of ether oxygens (including phenoxy) is 1. The second kappa shape index (κ2) is 9.25. The molecule has 188 valence electrons. The molecule has 1 N–H and O–H groups in total. The number of nitrogens with zero attached hydrogens (tertiary/aromatic N) is 2. The molecule has 36 heavy (non-hydrogen) atoms. The molecule has 2 heterocycles. The summed E-state index contributed by atoms with van der Waals surface area (Å²) < 4.78 is 7.79. The van der Waals surface area contributed by atoms with Gasteiger partial charge in [0, 0.05) is 38.7 Å². The lowest BCUT2D eigenvalue weighted by molar-refractivity contribution is -0.103. The maximum absolute atomic E-state index is 13.6. The van der Waals surface area contributed by atoms with Gasteiger partial charge >= 0.3 is 6.09 Å². The molecule has 1 amide bonds. The zero-order valence-electron chi connectivity index (χ0n) is 21.2. The standard InChI is InChI=1S/C30H34N2O4/c1-29(2,35)20-30(25-7-5-4-6-8-25)16-18-32(28(34)36-30)27(23-13-14-23)22-11-9-21(10-12-22)24-15-17-31(3)26(33)19-24/h4-12,15,17,19,23,27,35H,13-14,16,18,20H2,1-3H3. The Morgan fingerprint density at radius 3 is 2.31 bits per heavy atom. The first-order valence-corrected chi connectivity index (χ1v) is 12.7. The zero-order chi connectivity index (χ0) is 25.5. The molecule has 0 radical (unpaired) electrons. The number of aryl methyl sites for hydroxylation is 1. The summed E-state index contributed by atoms with van der Waals surface area (Å²) in [4.78, 5) is 27.5. The fourth-order valence-corrected chi connectivity index (χ4v) is 5.51. The number of amides is 1. The van der Waals surface area contributed by atoms with E-state index in [9.17, 15) is 14.7 Å². The molecule has 2 aliphatic rings. The van der Waals surface area contributed by atoms with Crippen molar-refractivity contribution in [2.45, 2.75) is 56.8 Å². The van der Waals surface area contributed by atoms with E-state index in [2.05, 4.69) is 12.1 Å². The van der Waals surface area contributed by atoms with Crippen molar-refractivity contribution >= 4 is 6.09 Å². The first-order chi connectivity index (χ1) is 17.2. The Morgan fingerprint density at radius 1 is 1.03 bits per heavy atom. The minimum absolute atomic E-state index is 0.0450. The largest absolute Gasteiger partial charge is 0.438 e. The van der Waals surface area contributed by atoms with Crippen LogP contribution in [0.3, 0.4) is 0 Å². The molecule has 2 unspecified atom stereocenters. The van der Waals surface area contributed by atoms with E-state index >= 15 is 0 Å². The molecule has 5 rings (SSSR count). The summed E-state index contributed by atoms with van der Waals surface area (Å²) in [7, 11) is 1.74. The number of pyridine rings is 1. The van der Waals surface area contributed by atoms with Crippen LogP contribution in [0.1, 0.15) is 56.7 Å². The maximum atomic E-state index is 13.6. The molecular weight excluding hydrogens is 452 g/mol. The quantitative estimate of drug-likeness (QED) is 0.485. The number of rotatable bonds is 7. The van der Waals surface area contributed by atoms with Crippen LogP contribution < -0.4 is 5.56 Å². The van der Waals surface area contributed by atoms with Gasteiger partial charge in [0.05, 0.1) is 11.6 Å². The van der Waals surface area contributed by atoms with Crippen molar-refractivity contribution in [2.75, 3.05) is 6.54 Å². The van der Waals surface area contributed by atoms with Crippen molar-refractivity contribution in [1.82, 2.24) is 9.47 Å². The summed E-state index contributed by atoms with van der Waals surface area (Å²) in [6, 6.07) is 21.5. The molecule has 1 aliphatic carbocycles. The Bertz CT molecular complexity index is 1290. The summed E-state index contributed by atoms with van der Waals surface area (Å²) >= 11 is 0. The molecule has 2 fully saturated rings. The average molecular weight is 487 g/mol. The van der Waals surface area contributed by atoms with Gasteiger partial charge in [-0.05, 0) is 60.9 Å². The molecule has 0 spiro atoms. The predicted molar refractivity (Wildman–Crippen MR) is 139 cm³/mol. The van der Waals surface area contributed by atoms with Gasteiger partial charge in [-0.2, -0.15) is 0 Å². The van der Waals surface area contributed by atoms with E-state index in [4.69, 9.17) is 4.74 Å². The van der Waals surface area contributed by atoms with Gasteiger partial charge in [0.15, 0.2) is 0 Å². The van der Waals surface area contributed by atoms with Crippen molar-refractivity contribution < 1.29 is 14.6 Å². The van der Waals surface area contributed by atoms with E-state index in [1.54, 1.807) is 37.7 Å². The fraction of sp³-hybridized carbons (Fsp3) is 0.400. The molecule has 1 saturated carbocycles. The van der Waals surface area contributed by atoms with Gasteiger partial charge in [-0.1, -0.05) is 54.6 Å². The molecule has 6 heteroatoms. The smallest absolute Gasteiger partial charge is 0.411 e. The minimum atomic E-state index is -0.984. The third-order valence-electron chi connectivity index (χ3n) is 7.39. The molecule has 3 aromatic rings. The second-order valence-corrected chi connectivity index (χ2v) is 10.9. The molecule has 1 aromatic heterocycles. The Morgan fingerprint density at radius 2 is 1.72 bits per heavy atom. The van der Waals surface area contributed by atoms with Gasteiger partial charge < -0.3 is 19.3 Å². The lowest BCUT2D eigenvalue weighted by Gasteiger charge is -2.46. The Labute approximate surface area is 212 Å². The van der Waals surface area contributed by atoms with Crippen LogP contribution in [-0.4, -0.2) is 32.8 Å². The highest BCUT2D eigenvalue weighted by atomic mass is 16.6. The van der Waals surface area contributed by atoms with E-state index in [1.165, 1.54) is 0 Å². The van der Waals surface area contributed by atoms with Crippen molar-refractivity contribution in [3.05, 3.63) is 94.4 Å². The number of cyclic esters (lactones) is 1. The lowest BCUT2D eigenvalue weighted by atomic mass is 9.80. The Balaban J connectivity index is 1.41. The lowest BCUT2D eigenvalue weighted by Crippen LogP contribution is -2.51. The zero-order valence-corrected chi connectivity index (χ0v) is 21.2. The van der Waals surface area contributed by atoms with Crippen LogP contribution in [0.2, 0.25) is 0 Å². The minimum Gasteiger partial charge on any atom is -0.438 e. The average Bonchev–Trinajstić information content (AvgIpc) is 3.68. The van der Waals surface area contributed by atoms with Crippen LogP contribution in [0.25, 0.3) is 11.1 Å². The molecule has 1 aliphatic heterocycles. The number of hydrogen-bond donors (Lipinski definition) is 1.